The van der Waals surface area contributed by atoms with E-state index in [4.69, 9.17) is 9.26 Å². The molecule has 2 heterocycles. The van der Waals surface area contributed by atoms with Gasteiger partial charge in [-0.25, -0.2) is 4.39 Å². The van der Waals surface area contributed by atoms with Gasteiger partial charge in [0, 0.05) is 6.42 Å². The number of nitrogens with zero attached hydrogens (tertiary/aromatic N) is 2. The summed E-state index contributed by atoms with van der Waals surface area (Å²) < 4.78 is 23.6. The SMILES string of the molecule is Fc1ccc(OCc2noc(CC3CCCNCC3)n2)cc1. The van der Waals surface area contributed by atoms with E-state index < -0.39 is 0 Å². The maximum atomic E-state index is 12.8. The highest BCUT2D eigenvalue weighted by Gasteiger charge is 2.16. The lowest BCUT2D eigenvalue weighted by Gasteiger charge is -2.09. The lowest BCUT2D eigenvalue weighted by Crippen LogP contribution is -2.14. The van der Waals surface area contributed by atoms with Crippen LogP contribution in [0.2, 0.25) is 0 Å². The molecule has 0 bridgehead atoms. The van der Waals surface area contributed by atoms with E-state index in [-0.39, 0.29) is 12.4 Å². The molecule has 1 aliphatic heterocycles. The first-order chi connectivity index (χ1) is 10.8. The van der Waals surface area contributed by atoms with Crippen LogP contribution in [0.4, 0.5) is 4.39 Å². The standard InChI is InChI=1S/C16H20FN3O2/c17-13-3-5-14(6-4-13)21-11-15-19-16(22-20-15)10-12-2-1-8-18-9-7-12/h3-6,12,18H,1-2,7-11H2. The van der Waals surface area contributed by atoms with E-state index in [0.29, 0.717) is 23.4 Å². The predicted octanol–water partition coefficient (Wildman–Crippen LogP) is 2.72. The first-order valence-electron chi connectivity index (χ1n) is 7.70. The highest BCUT2D eigenvalue weighted by molar-refractivity contribution is 5.22. The zero-order valence-corrected chi connectivity index (χ0v) is 12.4. The Bertz CT molecular complexity index is 577. The first kappa shape index (κ1) is 15.0. The molecule has 0 aliphatic carbocycles. The molecule has 1 N–H and O–H groups in total. The van der Waals surface area contributed by atoms with E-state index in [1.165, 1.54) is 25.0 Å². The second kappa shape index (κ2) is 7.35. The minimum atomic E-state index is -0.285. The molecular weight excluding hydrogens is 285 g/mol. The molecule has 0 amide bonds. The van der Waals surface area contributed by atoms with Gasteiger partial charge in [0.05, 0.1) is 0 Å². The Morgan fingerprint density at radius 2 is 2.09 bits per heavy atom. The summed E-state index contributed by atoms with van der Waals surface area (Å²) in [6.07, 6.45) is 4.35. The third kappa shape index (κ3) is 4.27. The second-order valence-corrected chi connectivity index (χ2v) is 5.60. The maximum Gasteiger partial charge on any atom is 0.227 e. The van der Waals surface area contributed by atoms with Crippen molar-refractivity contribution in [3.05, 3.63) is 41.8 Å². The minimum Gasteiger partial charge on any atom is -0.485 e. The Morgan fingerprint density at radius 3 is 2.95 bits per heavy atom. The summed E-state index contributed by atoms with van der Waals surface area (Å²) in [5, 5.41) is 7.33. The van der Waals surface area contributed by atoms with Gasteiger partial charge in [0.1, 0.15) is 11.6 Å². The molecule has 1 aromatic heterocycles. The van der Waals surface area contributed by atoms with E-state index in [1.54, 1.807) is 12.1 Å². The van der Waals surface area contributed by atoms with Crippen LogP contribution in [0.5, 0.6) is 5.75 Å². The van der Waals surface area contributed by atoms with Gasteiger partial charge in [0.25, 0.3) is 0 Å². The Kier molecular flexibility index (Phi) is 5.00. The number of rotatable bonds is 5. The molecule has 1 atom stereocenters. The fourth-order valence-corrected chi connectivity index (χ4v) is 2.65. The fourth-order valence-electron chi connectivity index (χ4n) is 2.65. The van der Waals surface area contributed by atoms with E-state index in [2.05, 4.69) is 15.5 Å². The van der Waals surface area contributed by atoms with Crippen LogP contribution in [0.1, 0.15) is 31.0 Å². The molecule has 118 valence electrons. The van der Waals surface area contributed by atoms with Crippen LogP contribution in [-0.2, 0) is 13.0 Å². The van der Waals surface area contributed by atoms with Crippen LogP contribution < -0.4 is 10.1 Å². The van der Waals surface area contributed by atoms with Crippen LogP contribution in [0.3, 0.4) is 0 Å². The average molecular weight is 305 g/mol. The second-order valence-electron chi connectivity index (χ2n) is 5.60. The maximum absolute atomic E-state index is 12.8. The third-order valence-electron chi connectivity index (χ3n) is 3.85. The zero-order chi connectivity index (χ0) is 15.2. The summed E-state index contributed by atoms with van der Waals surface area (Å²) in [4.78, 5) is 4.37. The van der Waals surface area contributed by atoms with Crippen molar-refractivity contribution < 1.29 is 13.7 Å². The third-order valence-corrected chi connectivity index (χ3v) is 3.85. The van der Waals surface area contributed by atoms with E-state index >= 15 is 0 Å². The molecule has 1 unspecified atom stereocenters. The van der Waals surface area contributed by atoms with Crippen molar-refractivity contribution in [1.82, 2.24) is 15.5 Å². The number of hydrogen-bond acceptors (Lipinski definition) is 5. The molecule has 1 aliphatic rings. The van der Waals surface area contributed by atoms with Gasteiger partial charge in [-0.2, -0.15) is 4.98 Å². The van der Waals surface area contributed by atoms with Crippen LogP contribution >= 0.6 is 0 Å². The highest BCUT2D eigenvalue weighted by atomic mass is 19.1. The number of halogens is 1. The van der Waals surface area contributed by atoms with E-state index in [1.807, 2.05) is 0 Å². The van der Waals surface area contributed by atoms with Gasteiger partial charge in [-0.1, -0.05) is 5.16 Å². The minimum absolute atomic E-state index is 0.224. The molecule has 0 saturated carbocycles. The van der Waals surface area contributed by atoms with Crippen molar-refractivity contribution in [3.8, 4) is 5.75 Å². The number of aromatic nitrogens is 2. The molecule has 22 heavy (non-hydrogen) atoms. The van der Waals surface area contributed by atoms with E-state index in [9.17, 15) is 4.39 Å². The average Bonchev–Trinajstić information content (AvgIpc) is 2.81. The summed E-state index contributed by atoms with van der Waals surface area (Å²) in [5.74, 6) is 2.09. The molecule has 2 aromatic rings. The molecular formula is C16H20FN3O2. The normalized spacial score (nSPS) is 18.9. The topological polar surface area (TPSA) is 60.2 Å². The van der Waals surface area contributed by atoms with Crippen molar-refractivity contribution in [2.24, 2.45) is 5.92 Å². The summed E-state index contributed by atoms with van der Waals surface area (Å²) in [5.41, 5.74) is 0. The van der Waals surface area contributed by atoms with Gasteiger partial charge in [0.15, 0.2) is 6.61 Å². The van der Waals surface area contributed by atoms with Crippen LogP contribution in [0.25, 0.3) is 0 Å². The van der Waals surface area contributed by atoms with Crippen LogP contribution in [0.15, 0.2) is 28.8 Å². The van der Waals surface area contributed by atoms with Crippen molar-refractivity contribution in [1.29, 1.82) is 0 Å². The van der Waals surface area contributed by atoms with Gasteiger partial charge in [-0.15, -0.1) is 0 Å². The van der Waals surface area contributed by atoms with Crippen LogP contribution in [-0.4, -0.2) is 23.2 Å². The first-order valence-corrected chi connectivity index (χ1v) is 7.70. The molecule has 1 fully saturated rings. The molecule has 1 aromatic carbocycles. The number of hydrogen-bond donors (Lipinski definition) is 1. The van der Waals surface area contributed by atoms with Gasteiger partial charge < -0.3 is 14.6 Å². The Balaban J connectivity index is 1.51. The summed E-state index contributed by atoms with van der Waals surface area (Å²) in [6.45, 7) is 2.37. The summed E-state index contributed by atoms with van der Waals surface area (Å²) in [6, 6.07) is 5.87. The molecule has 0 radical (unpaired) electrons. The summed E-state index contributed by atoms with van der Waals surface area (Å²) >= 11 is 0. The number of ether oxygens (including phenoxy) is 1. The Labute approximate surface area is 128 Å². The number of nitrogens with one attached hydrogen (secondary N) is 1. The van der Waals surface area contributed by atoms with E-state index in [0.717, 1.165) is 25.9 Å². The summed E-state index contributed by atoms with van der Waals surface area (Å²) in [7, 11) is 0. The van der Waals surface area contributed by atoms with Gasteiger partial charge in [0.2, 0.25) is 11.7 Å². The van der Waals surface area contributed by atoms with Crippen molar-refractivity contribution in [2.45, 2.75) is 32.3 Å². The zero-order valence-electron chi connectivity index (χ0n) is 12.4. The monoisotopic (exact) mass is 305 g/mol. The van der Waals surface area contributed by atoms with Gasteiger partial charge >= 0.3 is 0 Å². The Hall–Kier alpha value is -1.95. The largest absolute Gasteiger partial charge is 0.485 e. The van der Waals surface area contributed by atoms with Crippen molar-refractivity contribution in [2.75, 3.05) is 13.1 Å². The molecule has 6 heteroatoms. The smallest absolute Gasteiger partial charge is 0.227 e. The Morgan fingerprint density at radius 1 is 1.23 bits per heavy atom. The lowest BCUT2D eigenvalue weighted by molar-refractivity contribution is 0.283. The lowest BCUT2D eigenvalue weighted by atomic mass is 9.97. The van der Waals surface area contributed by atoms with Crippen molar-refractivity contribution >= 4 is 0 Å². The number of benzene rings is 1. The molecule has 0 spiro atoms. The predicted molar refractivity (Wildman–Crippen MR) is 78.9 cm³/mol. The molecule has 1 saturated heterocycles. The highest BCUT2D eigenvalue weighted by Crippen LogP contribution is 2.19. The quantitative estimate of drug-likeness (QED) is 0.920. The van der Waals surface area contributed by atoms with Crippen LogP contribution in [0, 0.1) is 11.7 Å². The molecule has 5 nitrogen and oxygen atoms in total. The van der Waals surface area contributed by atoms with Gasteiger partial charge in [-0.3, -0.25) is 0 Å². The van der Waals surface area contributed by atoms with Crippen molar-refractivity contribution in [3.63, 3.8) is 0 Å². The molecule has 3 rings (SSSR count). The van der Waals surface area contributed by atoms with Gasteiger partial charge in [-0.05, 0) is 62.5 Å². The fraction of sp³-hybridized carbons (Fsp3) is 0.500.